The van der Waals surface area contributed by atoms with Gasteiger partial charge in [0, 0.05) is 23.5 Å². The molecule has 0 unspecified atom stereocenters. The molecule has 6 heteroatoms. The van der Waals surface area contributed by atoms with Gasteiger partial charge in [-0.05, 0) is 31.5 Å². The highest BCUT2D eigenvalue weighted by molar-refractivity contribution is 6.23. The molecule has 5 aromatic rings. The van der Waals surface area contributed by atoms with Gasteiger partial charge in [0.05, 0.1) is 23.2 Å². The van der Waals surface area contributed by atoms with Crippen LogP contribution >= 0.6 is 0 Å². The molecule has 0 amide bonds. The maximum Gasteiger partial charge on any atom is 0.356 e. The Bertz CT molecular complexity index is 1330. The summed E-state index contributed by atoms with van der Waals surface area (Å²) in [6.07, 6.45) is 2.07. The van der Waals surface area contributed by atoms with E-state index in [1.807, 2.05) is 25.1 Å². The number of H-pyrrole nitrogens is 1. The third-order valence-corrected chi connectivity index (χ3v) is 5.06. The Morgan fingerprint density at radius 2 is 2.04 bits per heavy atom. The first-order valence-electron chi connectivity index (χ1n) is 9.27. The lowest BCUT2D eigenvalue weighted by Crippen LogP contribution is -2.04. The van der Waals surface area contributed by atoms with E-state index >= 15 is 0 Å². The number of aryl methyl sites for hydroxylation is 1. The monoisotopic (exact) mass is 373 g/mol. The number of benzene rings is 2. The molecule has 0 fully saturated rings. The number of carbonyl (C=O) groups excluding carboxylic acids is 1. The van der Waals surface area contributed by atoms with Crippen LogP contribution in [0.3, 0.4) is 0 Å². The van der Waals surface area contributed by atoms with Crippen molar-refractivity contribution in [1.29, 1.82) is 0 Å². The lowest BCUT2D eigenvalue weighted by Gasteiger charge is -2.07. The van der Waals surface area contributed by atoms with Crippen molar-refractivity contribution < 1.29 is 14.1 Å². The maximum atomic E-state index is 12.2. The molecule has 2 aromatic carbocycles. The SMILES string of the molecule is CCOC(=O)c1cc2c3ccn(Cc4ccccc4)c3c3c(C)[nH]oc3c2n1. The Morgan fingerprint density at radius 3 is 2.82 bits per heavy atom. The van der Waals surface area contributed by atoms with E-state index in [4.69, 9.17) is 9.26 Å². The van der Waals surface area contributed by atoms with Gasteiger partial charge in [0.15, 0.2) is 5.58 Å². The van der Waals surface area contributed by atoms with Gasteiger partial charge < -0.3 is 13.8 Å². The Hall–Kier alpha value is -3.54. The van der Waals surface area contributed by atoms with Gasteiger partial charge in [-0.2, -0.15) is 0 Å². The number of hydrogen-bond acceptors (Lipinski definition) is 4. The largest absolute Gasteiger partial charge is 0.461 e. The minimum Gasteiger partial charge on any atom is -0.461 e. The van der Waals surface area contributed by atoms with Crippen molar-refractivity contribution in [2.24, 2.45) is 0 Å². The lowest BCUT2D eigenvalue weighted by molar-refractivity contribution is 0.0520. The van der Waals surface area contributed by atoms with Crippen molar-refractivity contribution in [1.82, 2.24) is 14.7 Å². The molecule has 6 nitrogen and oxygen atoms in total. The van der Waals surface area contributed by atoms with Crippen LogP contribution in [0.1, 0.15) is 28.7 Å². The van der Waals surface area contributed by atoms with E-state index in [1.165, 1.54) is 5.56 Å². The average molecular weight is 373 g/mol. The molecule has 0 saturated heterocycles. The summed E-state index contributed by atoms with van der Waals surface area (Å²) in [5.74, 6) is -0.420. The molecule has 140 valence electrons. The van der Waals surface area contributed by atoms with Gasteiger partial charge in [-0.3, -0.25) is 0 Å². The van der Waals surface area contributed by atoms with E-state index in [1.54, 1.807) is 13.0 Å². The zero-order valence-electron chi connectivity index (χ0n) is 15.7. The Kier molecular flexibility index (Phi) is 3.72. The van der Waals surface area contributed by atoms with Crippen LogP contribution < -0.4 is 0 Å². The molecule has 0 spiro atoms. The van der Waals surface area contributed by atoms with E-state index in [0.29, 0.717) is 23.4 Å². The van der Waals surface area contributed by atoms with Crippen LogP contribution in [0.2, 0.25) is 0 Å². The third kappa shape index (κ3) is 2.41. The van der Waals surface area contributed by atoms with Crippen LogP contribution in [-0.4, -0.2) is 27.3 Å². The van der Waals surface area contributed by atoms with Gasteiger partial charge >= 0.3 is 5.97 Å². The summed E-state index contributed by atoms with van der Waals surface area (Å²) in [5.41, 5.74) is 4.84. The number of aromatic amines is 1. The normalized spacial score (nSPS) is 11.6. The topological polar surface area (TPSA) is 73.0 Å². The maximum absolute atomic E-state index is 12.2. The fourth-order valence-corrected chi connectivity index (χ4v) is 3.84. The fourth-order valence-electron chi connectivity index (χ4n) is 3.84. The number of rotatable bonds is 4. The number of carbonyl (C=O) groups is 1. The first-order chi connectivity index (χ1) is 13.7. The van der Waals surface area contributed by atoms with Gasteiger partial charge in [-0.1, -0.05) is 30.3 Å². The molecule has 0 atom stereocenters. The van der Waals surface area contributed by atoms with E-state index < -0.39 is 5.97 Å². The summed E-state index contributed by atoms with van der Waals surface area (Å²) in [4.78, 5) is 16.7. The summed E-state index contributed by atoms with van der Waals surface area (Å²) in [7, 11) is 0. The second-order valence-corrected chi connectivity index (χ2v) is 6.85. The van der Waals surface area contributed by atoms with Crippen molar-refractivity contribution in [3.8, 4) is 0 Å². The minimum atomic E-state index is -0.420. The first kappa shape index (κ1) is 16.6. The predicted octanol–water partition coefficient (Wildman–Crippen LogP) is 4.80. The molecular formula is C22H19N3O3. The molecule has 0 aliphatic carbocycles. The zero-order chi connectivity index (χ0) is 19.3. The van der Waals surface area contributed by atoms with Crippen LogP contribution in [0.25, 0.3) is 32.8 Å². The number of fused-ring (bicyclic) bond motifs is 6. The second-order valence-electron chi connectivity index (χ2n) is 6.85. The second kappa shape index (κ2) is 6.27. The van der Waals surface area contributed by atoms with E-state index in [2.05, 4.69) is 39.1 Å². The van der Waals surface area contributed by atoms with Crippen LogP contribution in [0, 0.1) is 6.92 Å². The summed E-state index contributed by atoms with van der Waals surface area (Å²) in [6, 6.07) is 14.2. The number of ether oxygens (including phenoxy) is 1. The predicted molar refractivity (Wildman–Crippen MR) is 108 cm³/mol. The minimum absolute atomic E-state index is 0.301. The van der Waals surface area contributed by atoms with E-state index in [-0.39, 0.29) is 0 Å². The van der Waals surface area contributed by atoms with Crippen molar-refractivity contribution in [2.45, 2.75) is 20.4 Å². The highest BCUT2D eigenvalue weighted by Gasteiger charge is 2.22. The van der Waals surface area contributed by atoms with E-state index in [0.717, 1.165) is 33.9 Å². The van der Waals surface area contributed by atoms with Crippen LogP contribution in [0.15, 0.2) is 53.2 Å². The van der Waals surface area contributed by atoms with Gasteiger partial charge in [0.1, 0.15) is 11.2 Å². The zero-order valence-corrected chi connectivity index (χ0v) is 15.7. The molecule has 5 rings (SSSR count). The molecule has 3 aromatic heterocycles. The third-order valence-electron chi connectivity index (χ3n) is 5.06. The van der Waals surface area contributed by atoms with Crippen molar-refractivity contribution in [3.05, 3.63) is 65.6 Å². The smallest absolute Gasteiger partial charge is 0.356 e. The summed E-state index contributed by atoms with van der Waals surface area (Å²) < 4.78 is 13.1. The average Bonchev–Trinajstić information content (AvgIpc) is 3.40. The van der Waals surface area contributed by atoms with Gasteiger partial charge in [0.25, 0.3) is 0 Å². The highest BCUT2D eigenvalue weighted by Crippen LogP contribution is 2.37. The quantitative estimate of drug-likeness (QED) is 0.459. The molecule has 0 saturated carbocycles. The molecule has 0 radical (unpaired) electrons. The van der Waals surface area contributed by atoms with Crippen LogP contribution in [-0.2, 0) is 11.3 Å². The molecule has 0 aliphatic heterocycles. The standard InChI is InChI=1S/C22H19N3O3/c1-3-27-22(26)17-11-16-15-9-10-25(12-14-7-5-4-6-8-14)20(15)18-13(2)24-28-21(18)19(16)23-17/h4-11,24H,3,12H2,1-2H3. The van der Waals surface area contributed by atoms with Crippen LogP contribution in [0.5, 0.6) is 0 Å². The molecule has 0 aliphatic rings. The fraction of sp³-hybridized carbons (Fsp3) is 0.182. The summed E-state index contributed by atoms with van der Waals surface area (Å²) >= 11 is 0. The van der Waals surface area contributed by atoms with Crippen LogP contribution in [0.4, 0.5) is 0 Å². The lowest BCUT2D eigenvalue weighted by atomic mass is 10.1. The number of aromatic nitrogens is 3. The Balaban J connectivity index is 1.80. The number of nitrogens with one attached hydrogen (secondary N) is 1. The van der Waals surface area contributed by atoms with Gasteiger partial charge in [-0.25, -0.2) is 14.9 Å². The number of hydrogen-bond donors (Lipinski definition) is 1. The molecule has 0 bridgehead atoms. The molecule has 28 heavy (non-hydrogen) atoms. The van der Waals surface area contributed by atoms with Gasteiger partial charge in [-0.15, -0.1) is 0 Å². The Labute approximate surface area is 160 Å². The molecule has 3 heterocycles. The Morgan fingerprint density at radius 1 is 1.21 bits per heavy atom. The first-order valence-corrected chi connectivity index (χ1v) is 9.27. The summed E-state index contributed by atoms with van der Waals surface area (Å²) in [5, 5.41) is 5.87. The number of esters is 1. The number of nitrogens with zero attached hydrogens (tertiary/aromatic N) is 2. The van der Waals surface area contributed by atoms with Crippen molar-refractivity contribution in [3.63, 3.8) is 0 Å². The summed E-state index contributed by atoms with van der Waals surface area (Å²) in [6.45, 7) is 4.82. The van der Waals surface area contributed by atoms with E-state index in [9.17, 15) is 4.79 Å². The van der Waals surface area contributed by atoms with Crippen molar-refractivity contribution in [2.75, 3.05) is 6.61 Å². The molecular weight excluding hydrogens is 354 g/mol. The van der Waals surface area contributed by atoms with Gasteiger partial charge in [0.2, 0.25) is 0 Å². The highest BCUT2D eigenvalue weighted by atomic mass is 16.5. The van der Waals surface area contributed by atoms with Crippen molar-refractivity contribution >= 4 is 38.7 Å². The molecule has 1 N–H and O–H groups in total.